The van der Waals surface area contributed by atoms with Crippen LogP contribution in [0.1, 0.15) is 5.56 Å². The molecule has 3 rings (SSSR count). The summed E-state index contributed by atoms with van der Waals surface area (Å²) in [5.41, 5.74) is 1.31. The summed E-state index contributed by atoms with van der Waals surface area (Å²) in [6, 6.07) is 12.0. The Morgan fingerprint density at radius 3 is 2.42 bits per heavy atom. The molecule has 6 nitrogen and oxygen atoms in total. The Hall–Kier alpha value is -2.73. The van der Waals surface area contributed by atoms with Crippen LogP contribution in [0.15, 0.2) is 42.5 Å². The summed E-state index contributed by atoms with van der Waals surface area (Å²) in [6.45, 7) is 1.18. The molecule has 0 unspecified atom stereocenters. The molecule has 0 atom stereocenters. The molecule has 2 aromatic carbocycles. The molecule has 1 aliphatic heterocycles. The average molecular weight is 347 g/mol. The fourth-order valence-electron chi connectivity index (χ4n) is 2.17. The number of benzene rings is 2. The number of rotatable bonds is 3. The van der Waals surface area contributed by atoms with Gasteiger partial charge in [0.1, 0.15) is 13.2 Å². The molecule has 0 bridgehead atoms. The summed E-state index contributed by atoms with van der Waals surface area (Å²) < 4.78 is 10.8. The Balaban J connectivity index is 1.56. The molecule has 7 heteroatoms. The van der Waals surface area contributed by atoms with E-state index in [-0.39, 0.29) is 6.54 Å². The number of hydrogen-bond donors (Lipinski definition) is 2. The van der Waals surface area contributed by atoms with Crippen LogP contribution in [0.2, 0.25) is 5.02 Å². The van der Waals surface area contributed by atoms with Gasteiger partial charge in [0.15, 0.2) is 11.5 Å². The number of amides is 2. The van der Waals surface area contributed by atoms with Crippen LogP contribution in [0.5, 0.6) is 11.5 Å². The minimum atomic E-state index is -0.749. The zero-order valence-electron chi connectivity index (χ0n) is 12.7. The Morgan fingerprint density at radius 1 is 0.958 bits per heavy atom. The third-order valence-electron chi connectivity index (χ3n) is 3.37. The predicted octanol–water partition coefficient (Wildman–Crippen LogP) is 2.37. The van der Waals surface area contributed by atoms with E-state index in [1.54, 1.807) is 42.5 Å². The number of carbonyl (C=O) groups is 2. The molecular formula is C17H15ClN2O4. The zero-order valence-corrected chi connectivity index (χ0v) is 13.4. The van der Waals surface area contributed by atoms with E-state index in [2.05, 4.69) is 10.6 Å². The molecule has 0 radical (unpaired) electrons. The first kappa shape index (κ1) is 16.1. The highest BCUT2D eigenvalue weighted by atomic mass is 35.5. The highest BCUT2D eigenvalue weighted by Gasteiger charge is 2.16. The van der Waals surface area contributed by atoms with Crippen molar-refractivity contribution in [2.45, 2.75) is 6.54 Å². The number of anilines is 1. The van der Waals surface area contributed by atoms with Crippen molar-refractivity contribution < 1.29 is 19.1 Å². The maximum Gasteiger partial charge on any atom is 0.313 e. The number of halogens is 1. The lowest BCUT2D eigenvalue weighted by Crippen LogP contribution is -2.35. The number of fused-ring (bicyclic) bond motifs is 1. The molecule has 0 spiro atoms. The molecule has 0 aromatic heterocycles. The molecule has 1 heterocycles. The smallest absolute Gasteiger partial charge is 0.313 e. The van der Waals surface area contributed by atoms with E-state index >= 15 is 0 Å². The van der Waals surface area contributed by atoms with Crippen LogP contribution in [-0.2, 0) is 16.1 Å². The number of carbonyl (C=O) groups excluding carboxylic acids is 2. The maximum atomic E-state index is 11.9. The van der Waals surface area contributed by atoms with Gasteiger partial charge in [0, 0.05) is 23.3 Å². The second kappa shape index (κ2) is 7.23. The highest BCUT2D eigenvalue weighted by molar-refractivity contribution is 6.39. The van der Waals surface area contributed by atoms with Gasteiger partial charge in [-0.3, -0.25) is 9.59 Å². The van der Waals surface area contributed by atoms with E-state index in [9.17, 15) is 9.59 Å². The van der Waals surface area contributed by atoms with Crippen molar-refractivity contribution >= 4 is 29.1 Å². The van der Waals surface area contributed by atoms with Crippen LogP contribution in [0.4, 0.5) is 5.69 Å². The molecule has 0 aliphatic carbocycles. The lowest BCUT2D eigenvalue weighted by atomic mass is 10.2. The quantitative estimate of drug-likeness (QED) is 0.836. The lowest BCUT2D eigenvalue weighted by Gasteiger charge is -2.18. The lowest BCUT2D eigenvalue weighted by molar-refractivity contribution is -0.136. The Bertz CT molecular complexity index is 762. The highest BCUT2D eigenvalue weighted by Crippen LogP contribution is 2.32. The van der Waals surface area contributed by atoms with Gasteiger partial charge in [-0.1, -0.05) is 23.7 Å². The molecule has 124 valence electrons. The molecule has 0 fully saturated rings. The average Bonchev–Trinajstić information content (AvgIpc) is 2.61. The van der Waals surface area contributed by atoms with Crippen LogP contribution < -0.4 is 20.1 Å². The number of nitrogens with one attached hydrogen (secondary N) is 2. The third kappa shape index (κ3) is 3.97. The van der Waals surface area contributed by atoms with E-state index in [0.717, 1.165) is 5.56 Å². The van der Waals surface area contributed by atoms with Gasteiger partial charge < -0.3 is 20.1 Å². The zero-order chi connectivity index (χ0) is 16.9. The molecule has 0 saturated carbocycles. The standard InChI is InChI=1S/C17H15ClN2O4/c18-12-3-1-11(2-4-12)10-19-16(21)17(22)20-13-5-6-14-15(9-13)24-8-7-23-14/h1-6,9H,7-8,10H2,(H,19,21)(H,20,22). The summed E-state index contributed by atoms with van der Waals surface area (Å²) in [6.07, 6.45) is 0. The van der Waals surface area contributed by atoms with Crippen molar-refractivity contribution in [2.75, 3.05) is 18.5 Å². The maximum absolute atomic E-state index is 11.9. The summed E-state index contributed by atoms with van der Waals surface area (Å²) >= 11 is 5.79. The molecule has 24 heavy (non-hydrogen) atoms. The first-order chi connectivity index (χ1) is 11.6. The second-order valence-electron chi connectivity index (χ2n) is 5.12. The SMILES string of the molecule is O=C(NCc1ccc(Cl)cc1)C(=O)Nc1ccc2c(c1)OCCO2. The van der Waals surface area contributed by atoms with E-state index < -0.39 is 11.8 Å². The van der Waals surface area contributed by atoms with Gasteiger partial charge in [-0.25, -0.2) is 0 Å². The van der Waals surface area contributed by atoms with Crippen LogP contribution in [0, 0.1) is 0 Å². The monoisotopic (exact) mass is 346 g/mol. The van der Waals surface area contributed by atoms with Gasteiger partial charge in [0.2, 0.25) is 0 Å². The van der Waals surface area contributed by atoms with Crippen molar-refractivity contribution in [1.29, 1.82) is 0 Å². The third-order valence-corrected chi connectivity index (χ3v) is 3.62. The van der Waals surface area contributed by atoms with Crippen LogP contribution in [0.25, 0.3) is 0 Å². The predicted molar refractivity (Wildman–Crippen MR) is 89.4 cm³/mol. The molecule has 0 saturated heterocycles. The fraction of sp³-hybridized carbons (Fsp3) is 0.176. The molecular weight excluding hydrogens is 332 g/mol. The second-order valence-corrected chi connectivity index (χ2v) is 5.56. The Kier molecular flexibility index (Phi) is 4.86. The van der Waals surface area contributed by atoms with E-state index in [4.69, 9.17) is 21.1 Å². The van der Waals surface area contributed by atoms with Crippen molar-refractivity contribution in [2.24, 2.45) is 0 Å². The van der Waals surface area contributed by atoms with E-state index in [0.29, 0.717) is 35.4 Å². The topological polar surface area (TPSA) is 76.7 Å². The number of hydrogen-bond acceptors (Lipinski definition) is 4. The van der Waals surface area contributed by atoms with Crippen molar-refractivity contribution in [3.05, 3.63) is 53.1 Å². The van der Waals surface area contributed by atoms with Crippen LogP contribution >= 0.6 is 11.6 Å². The summed E-state index contributed by atoms with van der Waals surface area (Å²) in [5, 5.41) is 5.69. The van der Waals surface area contributed by atoms with Gasteiger partial charge in [0.25, 0.3) is 0 Å². The molecule has 2 N–H and O–H groups in total. The van der Waals surface area contributed by atoms with Gasteiger partial charge in [-0.2, -0.15) is 0 Å². The normalized spacial score (nSPS) is 12.4. The summed E-state index contributed by atoms with van der Waals surface area (Å²) in [4.78, 5) is 23.8. The first-order valence-corrected chi connectivity index (χ1v) is 7.73. The van der Waals surface area contributed by atoms with Gasteiger partial charge in [-0.15, -0.1) is 0 Å². The van der Waals surface area contributed by atoms with Gasteiger partial charge in [0.05, 0.1) is 0 Å². The minimum absolute atomic E-state index is 0.241. The fourth-order valence-corrected chi connectivity index (χ4v) is 2.30. The van der Waals surface area contributed by atoms with Crippen LogP contribution in [0.3, 0.4) is 0 Å². The van der Waals surface area contributed by atoms with E-state index in [1.807, 2.05) is 0 Å². The first-order valence-electron chi connectivity index (χ1n) is 7.35. The Labute approximate surface area is 143 Å². The minimum Gasteiger partial charge on any atom is -0.486 e. The van der Waals surface area contributed by atoms with Crippen molar-refractivity contribution in [3.8, 4) is 11.5 Å². The number of ether oxygens (including phenoxy) is 2. The Morgan fingerprint density at radius 2 is 1.67 bits per heavy atom. The van der Waals surface area contributed by atoms with Gasteiger partial charge in [-0.05, 0) is 29.8 Å². The van der Waals surface area contributed by atoms with E-state index in [1.165, 1.54) is 0 Å². The molecule has 2 aromatic rings. The molecule has 2 amide bonds. The van der Waals surface area contributed by atoms with Crippen LogP contribution in [-0.4, -0.2) is 25.0 Å². The van der Waals surface area contributed by atoms with Gasteiger partial charge >= 0.3 is 11.8 Å². The van der Waals surface area contributed by atoms with Crippen molar-refractivity contribution in [1.82, 2.24) is 5.32 Å². The summed E-state index contributed by atoms with van der Waals surface area (Å²) in [7, 11) is 0. The summed E-state index contributed by atoms with van der Waals surface area (Å²) in [5.74, 6) is -0.312. The molecule has 1 aliphatic rings. The van der Waals surface area contributed by atoms with Crippen molar-refractivity contribution in [3.63, 3.8) is 0 Å². The largest absolute Gasteiger partial charge is 0.486 e.